The molecule has 0 saturated carbocycles. The zero-order chi connectivity index (χ0) is 17.4. The normalized spacial score (nSPS) is 20.3. The number of hydrogen-bond donors (Lipinski definition) is 1. The van der Waals surface area contributed by atoms with Gasteiger partial charge in [-0.1, -0.05) is 12.1 Å². The van der Waals surface area contributed by atoms with Crippen molar-refractivity contribution in [1.82, 2.24) is 14.0 Å². The Bertz CT molecular complexity index is 952. The molecule has 1 fully saturated rings. The van der Waals surface area contributed by atoms with Crippen molar-refractivity contribution in [1.29, 1.82) is 0 Å². The second kappa shape index (κ2) is 6.40. The van der Waals surface area contributed by atoms with E-state index in [-0.39, 0.29) is 11.4 Å². The maximum Gasteiger partial charge on any atom is 0.241 e. The molecule has 130 valence electrons. The van der Waals surface area contributed by atoms with Gasteiger partial charge < -0.3 is 0 Å². The van der Waals surface area contributed by atoms with E-state index in [4.69, 9.17) is 0 Å². The van der Waals surface area contributed by atoms with Gasteiger partial charge in [0.05, 0.1) is 11.2 Å². The van der Waals surface area contributed by atoms with Gasteiger partial charge in [0.25, 0.3) is 0 Å². The molecule has 1 unspecified atom stereocenters. The van der Waals surface area contributed by atoms with Gasteiger partial charge in [0, 0.05) is 42.3 Å². The molecule has 1 N–H and O–H groups in total. The molecule has 7 nitrogen and oxygen atoms in total. The van der Waals surface area contributed by atoms with Gasteiger partial charge in [-0.05, 0) is 25.0 Å². The van der Waals surface area contributed by atoms with Crippen molar-refractivity contribution in [3.63, 3.8) is 0 Å². The number of nitrogens with one attached hydrogen (secondary N) is 1. The Morgan fingerprint density at radius 1 is 1.21 bits per heavy atom. The molecule has 1 aromatic heterocycles. The summed E-state index contributed by atoms with van der Waals surface area (Å²) in [6.07, 6.45) is 5.53. The van der Waals surface area contributed by atoms with E-state index in [0.29, 0.717) is 24.8 Å². The van der Waals surface area contributed by atoms with Crippen LogP contribution in [0.5, 0.6) is 0 Å². The van der Waals surface area contributed by atoms with Gasteiger partial charge in [-0.2, -0.15) is 0 Å². The summed E-state index contributed by atoms with van der Waals surface area (Å²) in [5.41, 5.74) is 0. The van der Waals surface area contributed by atoms with Crippen LogP contribution in [0.25, 0.3) is 10.8 Å². The number of benzene rings is 1. The molecule has 1 atom stereocenters. The van der Waals surface area contributed by atoms with Crippen LogP contribution in [0.4, 0.5) is 0 Å². The molecule has 0 radical (unpaired) electrons. The SMILES string of the molecule is CS(=O)(=O)N1CCCC(NS(=O)(=O)c2cccc3cnccc23)C1. The molecule has 0 spiro atoms. The highest BCUT2D eigenvalue weighted by Gasteiger charge is 2.29. The second-order valence-electron chi connectivity index (χ2n) is 5.93. The van der Waals surface area contributed by atoms with Crippen molar-refractivity contribution in [2.75, 3.05) is 19.3 Å². The number of nitrogens with zero attached hydrogens (tertiary/aromatic N) is 2. The fourth-order valence-corrected chi connectivity index (χ4v) is 5.35. The quantitative estimate of drug-likeness (QED) is 0.865. The molecule has 9 heteroatoms. The van der Waals surface area contributed by atoms with Gasteiger partial charge in [-0.25, -0.2) is 25.9 Å². The first-order valence-electron chi connectivity index (χ1n) is 7.57. The molecule has 2 aromatic rings. The van der Waals surface area contributed by atoms with E-state index >= 15 is 0 Å². The maximum absolute atomic E-state index is 12.8. The zero-order valence-electron chi connectivity index (χ0n) is 13.2. The summed E-state index contributed by atoms with van der Waals surface area (Å²) in [6, 6.07) is 6.24. The van der Waals surface area contributed by atoms with E-state index in [1.165, 1.54) is 4.31 Å². The minimum Gasteiger partial charge on any atom is -0.264 e. The molecule has 0 bridgehead atoms. The fraction of sp³-hybridized carbons (Fsp3) is 0.400. The lowest BCUT2D eigenvalue weighted by Gasteiger charge is -2.31. The number of piperidine rings is 1. The molecule has 0 amide bonds. The molecule has 1 aromatic carbocycles. The Labute approximate surface area is 141 Å². The number of fused-ring (bicyclic) bond motifs is 1. The Hall–Kier alpha value is -1.55. The summed E-state index contributed by atoms with van der Waals surface area (Å²) in [4.78, 5) is 4.18. The van der Waals surface area contributed by atoms with Gasteiger partial charge in [-0.15, -0.1) is 0 Å². The predicted octanol–water partition coefficient (Wildman–Crippen LogP) is 0.937. The molecule has 1 aliphatic rings. The smallest absolute Gasteiger partial charge is 0.241 e. The summed E-state index contributed by atoms with van der Waals surface area (Å²) >= 11 is 0. The largest absolute Gasteiger partial charge is 0.264 e. The predicted molar refractivity (Wildman–Crippen MR) is 91.5 cm³/mol. The third kappa shape index (κ3) is 3.59. The van der Waals surface area contributed by atoms with Crippen LogP contribution in [0.2, 0.25) is 0 Å². The summed E-state index contributed by atoms with van der Waals surface area (Å²) in [5.74, 6) is 0. The van der Waals surface area contributed by atoms with Gasteiger partial charge in [0.15, 0.2) is 0 Å². The minimum atomic E-state index is -3.75. The summed E-state index contributed by atoms with van der Waals surface area (Å²) in [5, 5.41) is 1.33. The lowest BCUT2D eigenvalue weighted by Crippen LogP contribution is -2.49. The lowest BCUT2D eigenvalue weighted by molar-refractivity contribution is 0.305. The van der Waals surface area contributed by atoms with Crippen molar-refractivity contribution in [2.45, 2.75) is 23.8 Å². The molecule has 1 aliphatic heterocycles. The highest BCUT2D eigenvalue weighted by Crippen LogP contribution is 2.23. The van der Waals surface area contributed by atoms with Gasteiger partial charge in [0.2, 0.25) is 20.0 Å². The lowest BCUT2D eigenvalue weighted by atomic mass is 10.1. The first kappa shape index (κ1) is 17.3. The third-order valence-electron chi connectivity index (χ3n) is 4.11. The van der Waals surface area contributed by atoms with Crippen LogP contribution in [0.1, 0.15) is 12.8 Å². The molecule has 0 aliphatic carbocycles. The molecular formula is C15H19N3O4S2. The summed E-state index contributed by atoms with van der Waals surface area (Å²) in [6.45, 7) is 0.585. The first-order valence-corrected chi connectivity index (χ1v) is 10.9. The van der Waals surface area contributed by atoms with Crippen LogP contribution in [-0.2, 0) is 20.0 Å². The standard InChI is InChI=1S/C15H19N3O4S2/c1-23(19,20)18-9-3-5-13(11-18)17-24(21,22)15-6-2-4-12-10-16-8-7-14(12)15/h2,4,6-8,10,13,17H,3,5,9,11H2,1H3. The number of hydrogen-bond acceptors (Lipinski definition) is 5. The monoisotopic (exact) mass is 369 g/mol. The van der Waals surface area contributed by atoms with Crippen LogP contribution in [0.3, 0.4) is 0 Å². The van der Waals surface area contributed by atoms with Gasteiger partial charge in [0.1, 0.15) is 0 Å². The average molecular weight is 369 g/mol. The van der Waals surface area contributed by atoms with Crippen molar-refractivity contribution >= 4 is 30.8 Å². The average Bonchev–Trinajstić information content (AvgIpc) is 2.53. The van der Waals surface area contributed by atoms with Crippen LogP contribution in [0.15, 0.2) is 41.6 Å². The molecule has 3 rings (SSSR count). The molecule has 2 heterocycles. The number of pyridine rings is 1. The highest BCUT2D eigenvalue weighted by molar-refractivity contribution is 7.89. The Morgan fingerprint density at radius 2 is 2.00 bits per heavy atom. The van der Waals surface area contributed by atoms with E-state index in [0.717, 1.165) is 11.6 Å². The van der Waals surface area contributed by atoms with E-state index in [2.05, 4.69) is 9.71 Å². The van der Waals surface area contributed by atoms with Crippen molar-refractivity contribution in [3.05, 3.63) is 36.7 Å². The van der Waals surface area contributed by atoms with Crippen LogP contribution in [-0.4, -0.2) is 51.5 Å². The topological polar surface area (TPSA) is 96.4 Å². The Morgan fingerprint density at radius 3 is 2.75 bits per heavy atom. The van der Waals surface area contributed by atoms with Crippen molar-refractivity contribution in [2.24, 2.45) is 0 Å². The number of aromatic nitrogens is 1. The second-order valence-corrected chi connectivity index (χ2v) is 9.60. The fourth-order valence-electron chi connectivity index (χ4n) is 2.95. The summed E-state index contributed by atoms with van der Waals surface area (Å²) in [7, 11) is -7.08. The van der Waals surface area contributed by atoms with Crippen molar-refractivity contribution in [3.8, 4) is 0 Å². The first-order chi connectivity index (χ1) is 11.3. The van der Waals surface area contributed by atoms with Crippen LogP contribution in [0, 0.1) is 0 Å². The van der Waals surface area contributed by atoms with Crippen LogP contribution < -0.4 is 4.72 Å². The molecule has 24 heavy (non-hydrogen) atoms. The highest BCUT2D eigenvalue weighted by atomic mass is 32.2. The van der Waals surface area contributed by atoms with E-state index in [1.54, 1.807) is 36.7 Å². The molecular weight excluding hydrogens is 350 g/mol. The van der Waals surface area contributed by atoms with Crippen LogP contribution >= 0.6 is 0 Å². The number of sulfonamides is 2. The van der Waals surface area contributed by atoms with Gasteiger partial charge in [-0.3, -0.25) is 4.98 Å². The van der Waals surface area contributed by atoms with Crippen molar-refractivity contribution < 1.29 is 16.8 Å². The zero-order valence-corrected chi connectivity index (χ0v) is 14.8. The van der Waals surface area contributed by atoms with E-state index in [9.17, 15) is 16.8 Å². The Balaban J connectivity index is 1.88. The summed E-state index contributed by atoms with van der Waals surface area (Å²) < 4.78 is 52.9. The number of rotatable bonds is 4. The van der Waals surface area contributed by atoms with E-state index in [1.807, 2.05) is 0 Å². The molecule has 1 saturated heterocycles. The van der Waals surface area contributed by atoms with E-state index < -0.39 is 26.1 Å². The van der Waals surface area contributed by atoms with Gasteiger partial charge >= 0.3 is 0 Å². The Kier molecular flexibility index (Phi) is 4.60. The maximum atomic E-state index is 12.8. The third-order valence-corrected chi connectivity index (χ3v) is 6.95. The minimum absolute atomic E-state index is 0.157.